The molecule has 3 rings (SSSR count). The smallest absolute Gasteiger partial charge is 0.161 e. The number of hydrogen-bond donors (Lipinski definition) is 1. The summed E-state index contributed by atoms with van der Waals surface area (Å²) < 4.78 is 13.2. The van der Waals surface area contributed by atoms with Gasteiger partial charge in [-0.05, 0) is 23.3 Å². The molecule has 25 heavy (non-hydrogen) atoms. The molecule has 0 radical (unpaired) electrons. The fraction of sp³-hybridized carbons (Fsp3) is 0.250. The summed E-state index contributed by atoms with van der Waals surface area (Å²) in [6, 6.07) is 16.1. The van der Waals surface area contributed by atoms with Crippen molar-refractivity contribution in [2.75, 3.05) is 7.11 Å². The van der Waals surface area contributed by atoms with Gasteiger partial charge in [0.05, 0.1) is 13.3 Å². The zero-order chi connectivity index (χ0) is 17.5. The Labute approximate surface area is 148 Å². The van der Waals surface area contributed by atoms with Crippen LogP contribution in [0.3, 0.4) is 0 Å². The lowest BCUT2D eigenvalue weighted by Crippen LogP contribution is -2.12. The molecule has 0 saturated carbocycles. The van der Waals surface area contributed by atoms with Gasteiger partial charge in [-0.1, -0.05) is 36.4 Å². The summed E-state index contributed by atoms with van der Waals surface area (Å²) in [5.41, 5.74) is 3.44. The van der Waals surface area contributed by atoms with Crippen LogP contribution in [0.15, 0.2) is 60.9 Å². The first-order valence-corrected chi connectivity index (χ1v) is 8.26. The van der Waals surface area contributed by atoms with E-state index in [0.717, 1.165) is 41.3 Å². The highest BCUT2D eigenvalue weighted by atomic mass is 16.5. The Balaban J connectivity index is 1.60. The van der Waals surface area contributed by atoms with Crippen molar-refractivity contribution in [3.63, 3.8) is 0 Å². The zero-order valence-electron chi connectivity index (χ0n) is 14.6. The molecule has 0 unspecified atom stereocenters. The number of hydrogen-bond acceptors (Lipinski definition) is 4. The van der Waals surface area contributed by atoms with Crippen LogP contribution in [-0.4, -0.2) is 16.9 Å². The Hall–Kier alpha value is -2.79. The van der Waals surface area contributed by atoms with Crippen LogP contribution in [0.4, 0.5) is 0 Å². The van der Waals surface area contributed by atoms with Gasteiger partial charge >= 0.3 is 0 Å². The minimum absolute atomic E-state index is 0.518. The lowest BCUT2D eigenvalue weighted by atomic mass is 10.2. The lowest BCUT2D eigenvalue weighted by Gasteiger charge is -2.13. The Morgan fingerprint density at radius 2 is 1.76 bits per heavy atom. The molecule has 5 heteroatoms. The molecule has 1 heterocycles. The van der Waals surface area contributed by atoms with E-state index in [1.807, 2.05) is 68.0 Å². The highest BCUT2D eigenvalue weighted by Crippen LogP contribution is 2.28. The number of aryl methyl sites for hydroxylation is 1. The van der Waals surface area contributed by atoms with Crippen molar-refractivity contribution < 1.29 is 9.47 Å². The predicted molar refractivity (Wildman–Crippen MR) is 97.5 cm³/mol. The van der Waals surface area contributed by atoms with Gasteiger partial charge in [-0.15, -0.1) is 0 Å². The second-order valence-electron chi connectivity index (χ2n) is 5.89. The van der Waals surface area contributed by atoms with Crippen LogP contribution < -0.4 is 14.8 Å². The molecule has 0 aliphatic carbocycles. The standard InChI is InChI=1S/C20H23N3O2/c1-23-14-18(13-22-23)12-21-11-17-8-9-19(24-2)20(10-17)25-15-16-6-4-3-5-7-16/h3-10,13-14,21H,11-12,15H2,1-2H3. The molecule has 0 saturated heterocycles. The highest BCUT2D eigenvalue weighted by molar-refractivity contribution is 5.43. The third kappa shape index (κ3) is 4.84. The minimum Gasteiger partial charge on any atom is -0.493 e. The van der Waals surface area contributed by atoms with Gasteiger partial charge in [0, 0.05) is 31.9 Å². The topological polar surface area (TPSA) is 48.3 Å². The molecule has 1 aromatic heterocycles. The normalized spacial score (nSPS) is 10.6. The van der Waals surface area contributed by atoms with Crippen molar-refractivity contribution >= 4 is 0 Å². The van der Waals surface area contributed by atoms with Gasteiger partial charge in [0.2, 0.25) is 0 Å². The van der Waals surface area contributed by atoms with E-state index in [2.05, 4.69) is 10.4 Å². The monoisotopic (exact) mass is 337 g/mol. The molecular weight excluding hydrogens is 314 g/mol. The van der Waals surface area contributed by atoms with Gasteiger partial charge in [0.25, 0.3) is 0 Å². The molecule has 3 aromatic rings. The Morgan fingerprint density at radius 3 is 2.48 bits per heavy atom. The van der Waals surface area contributed by atoms with E-state index < -0.39 is 0 Å². The first-order chi connectivity index (χ1) is 12.2. The van der Waals surface area contributed by atoms with Crippen LogP contribution in [0, 0.1) is 0 Å². The zero-order valence-corrected chi connectivity index (χ0v) is 14.6. The van der Waals surface area contributed by atoms with Crippen LogP contribution in [0.5, 0.6) is 11.5 Å². The summed E-state index contributed by atoms with van der Waals surface area (Å²) >= 11 is 0. The fourth-order valence-electron chi connectivity index (χ4n) is 2.59. The molecule has 0 spiro atoms. The molecule has 130 valence electrons. The van der Waals surface area contributed by atoms with Crippen molar-refractivity contribution in [2.45, 2.75) is 19.7 Å². The summed E-state index contributed by atoms with van der Waals surface area (Å²) in [6.45, 7) is 2.05. The second-order valence-corrected chi connectivity index (χ2v) is 5.89. The van der Waals surface area contributed by atoms with Crippen molar-refractivity contribution in [1.29, 1.82) is 0 Å². The number of nitrogens with one attached hydrogen (secondary N) is 1. The van der Waals surface area contributed by atoms with Gasteiger partial charge in [0.1, 0.15) is 6.61 Å². The SMILES string of the molecule is COc1ccc(CNCc2cnn(C)c2)cc1OCc1ccccc1. The van der Waals surface area contributed by atoms with E-state index in [4.69, 9.17) is 9.47 Å². The van der Waals surface area contributed by atoms with Gasteiger partial charge in [0.15, 0.2) is 11.5 Å². The lowest BCUT2D eigenvalue weighted by molar-refractivity contribution is 0.284. The van der Waals surface area contributed by atoms with Crippen LogP contribution in [0.1, 0.15) is 16.7 Å². The van der Waals surface area contributed by atoms with Crippen molar-refractivity contribution in [1.82, 2.24) is 15.1 Å². The van der Waals surface area contributed by atoms with Gasteiger partial charge in [-0.3, -0.25) is 4.68 Å². The number of nitrogens with zero attached hydrogens (tertiary/aromatic N) is 2. The summed E-state index contributed by atoms with van der Waals surface area (Å²) in [4.78, 5) is 0. The number of methoxy groups -OCH3 is 1. The molecule has 0 fully saturated rings. The number of rotatable bonds is 8. The van der Waals surface area contributed by atoms with Crippen molar-refractivity contribution in [3.8, 4) is 11.5 Å². The summed E-state index contributed by atoms with van der Waals surface area (Å²) in [7, 11) is 3.58. The maximum absolute atomic E-state index is 5.96. The first-order valence-electron chi connectivity index (χ1n) is 8.26. The fourth-order valence-corrected chi connectivity index (χ4v) is 2.59. The van der Waals surface area contributed by atoms with Crippen LogP contribution in [0.2, 0.25) is 0 Å². The van der Waals surface area contributed by atoms with Crippen molar-refractivity contribution in [3.05, 3.63) is 77.6 Å². The molecule has 2 aromatic carbocycles. The Bertz CT molecular complexity index is 800. The Kier molecular flexibility index (Phi) is 5.69. The van der Waals surface area contributed by atoms with E-state index in [0.29, 0.717) is 6.61 Å². The van der Waals surface area contributed by atoms with Crippen LogP contribution >= 0.6 is 0 Å². The first kappa shape index (κ1) is 17.0. The molecule has 0 atom stereocenters. The largest absolute Gasteiger partial charge is 0.493 e. The number of ether oxygens (including phenoxy) is 2. The quantitative estimate of drug-likeness (QED) is 0.685. The molecule has 1 N–H and O–H groups in total. The maximum Gasteiger partial charge on any atom is 0.161 e. The van der Waals surface area contributed by atoms with Crippen LogP contribution in [0.25, 0.3) is 0 Å². The number of benzene rings is 2. The van der Waals surface area contributed by atoms with E-state index in [1.54, 1.807) is 11.8 Å². The molecule has 0 bridgehead atoms. The third-order valence-electron chi connectivity index (χ3n) is 3.88. The third-order valence-corrected chi connectivity index (χ3v) is 3.88. The van der Waals surface area contributed by atoms with E-state index >= 15 is 0 Å². The molecule has 5 nitrogen and oxygen atoms in total. The number of aromatic nitrogens is 2. The summed E-state index contributed by atoms with van der Waals surface area (Å²) in [5.74, 6) is 1.50. The maximum atomic E-state index is 5.96. The van der Waals surface area contributed by atoms with Gasteiger partial charge < -0.3 is 14.8 Å². The predicted octanol–water partition coefficient (Wildman–Crippen LogP) is 3.30. The molecule has 0 aliphatic heterocycles. The highest BCUT2D eigenvalue weighted by Gasteiger charge is 2.07. The molecule has 0 amide bonds. The summed E-state index contributed by atoms with van der Waals surface area (Å²) in [5, 5.41) is 7.59. The van der Waals surface area contributed by atoms with Gasteiger partial charge in [-0.25, -0.2) is 0 Å². The molecular formula is C20H23N3O2. The minimum atomic E-state index is 0.518. The van der Waals surface area contributed by atoms with E-state index in [1.165, 1.54) is 0 Å². The molecule has 0 aliphatic rings. The summed E-state index contributed by atoms with van der Waals surface area (Å²) in [6.07, 6.45) is 3.88. The van der Waals surface area contributed by atoms with E-state index in [9.17, 15) is 0 Å². The Morgan fingerprint density at radius 1 is 0.960 bits per heavy atom. The van der Waals surface area contributed by atoms with Gasteiger partial charge in [-0.2, -0.15) is 5.10 Å². The second kappa shape index (κ2) is 8.35. The average Bonchev–Trinajstić information content (AvgIpc) is 3.06. The van der Waals surface area contributed by atoms with Crippen LogP contribution in [-0.2, 0) is 26.7 Å². The van der Waals surface area contributed by atoms with E-state index in [-0.39, 0.29) is 0 Å². The average molecular weight is 337 g/mol. The van der Waals surface area contributed by atoms with Crippen molar-refractivity contribution in [2.24, 2.45) is 7.05 Å².